The van der Waals surface area contributed by atoms with Crippen molar-refractivity contribution in [2.45, 2.75) is 13.3 Å². The van der Waals surface area contributed by atoms with Gasteiger partial charge in [0.1, 0.15) is 5.84 Å². The van der Waals surface area contributed by atoms with Gasteiger partial charge in [-0.15, -0.1) is 0 Å². The van der Waals surface area contributed by atoms with Gasteiger partial charge in [-0.25, -0.2) is 4.99 Å². The van der Waals surface area contributed by atoms with Gasteiger partial charge >= 0.3 is 0 Å². The molecule has 0 unspecified atom stereocenters. The molecule has 0 aromatic carbocycles. The van der Waals surface area contributed by atoms with Gasteiger partial charge in [0.25, 0.3) is 0 Å². The van der Waals surface area contributed by atoms with Crippen molar-refractivity contribution in [2.24, 2.45) is 10.7 Å². The summed E-state index contributed by atoms with van der Waals surface area (Å²) in [5.74, 6) is 0.670. The lowest BCUT2D eigenvalue weighted by Gasteiger charge is -1.96. The summed E-state index contributed by atoms with van der Waals surface area (Å²) in [6.45, 7) is 1.94. The van der Waals surface area contributed by atoms with Gasteiger partial charge in [0.15, 0.2) is 0 Å². The number of nitrogens with zero attached hydrogens (tertiary/aromatic N) is 1. The second kappa shape index (κ2) is 3.23. The lowest BCUT2D eigenvalue weighted by molar-refractivity contribution is 0.334. The number of allylic oxidation sites excluding steroid dienone is 1. The standard InChI is InChI=1S/C8H12N2O/c1-6(5-11-2)7-3-4-8(9)10-7/h3,5H,4H2,1-2H3,(H2,9,10)/b6-5+. The van der Waals surface area contributed by atoms with Crippen LogP contribution in [0.3, 0.4) is 0 Å². The van der Waals surface area contributed by atoms with Gasteiger partial charge in [-0.05, 0) is 6.92 Å². The molecular formula is C8H12N2O. The first-order valence-electron chi connectivity index (χ1n) is 3.47. The van der Waals surface area contributed by atoms with Gasteiger partial charge in [0.05, 0.1) is 19.1 Å². The summed E-state index contributed by atoms with van der Waals surface area (Å²) < 4.78 is 4.84. The van der Waals surface area contributed by atoms with E-state index in [0.717, 1.165) is 17.7 Å². The third kappa shape index (κ3) is 1.83. The molecule has 0 saturated carbocycles. The highest BCUT2D eigenvalue weighted by molar-refractivity contribution is 5.85. The first kappa shape index (κ1) is 7.85. The van der Waals surface area contributed by atoms with Crippen molar-refractivity contribution < 1.29 is 4.74 Å². The van der Waals surface area contributed by atoms with Crippen molar-refractivity contribution >= 4 is 5.84 Å². The lowest BCUT2D eigenvalue weighted by Crippen LogP contribution is -2.06. The predicted molar refractivity (Wildman–Crippen MR) is 45.1 cm³/mol. The van der Waals surface area contributed by atoms with Gasteiger partial charge in [-0.2, -0.15) is 0 Å². The fourth-order valence-corrected chi connectivity index (χ4v) is 0.934. The molecule has 1 heterocycles. The fourth-order valence-electron chi connectivity index (χ4n) is 0.934. The summed E-state index contributed by atoms with van der Waals surface area (Å²) in [5.41, 5.74) is 7.42. The molecule has 0 aliphatic carbocycles. The zero-order chi connectivity index (χ0) is 8.27. The van der Waals surface area contributed by atoms with Crippen LogP contribution in [0.1, 0.15) is 13.3 Å². The van der Waals surface area contributed by atoms with Crippen molar-refractivity contribution in [3.63, 3.8) is 0 Å². The molecule has 3 heteroatoms. The van der Waals surface area contributed by atoms with Crippen LogP contribution in [-0.4, -0.2) is 12.9 Å². The molecular weight excluding hydrogens is 140 g/mol. The van der Waals surface area contributed by atoms with E-state index in [1.54, 1.807) is 13.4 Å². The van der Waals surface area contributed by atoms with E-state index in [-0.39, 0.29) is 0 Å². The number of amidine groups is 1. The second-order valence-electron chi connectivity index (χ2n) is 2.43. The third-order valence-electron chi connectivity index (χ3n) is 1.47. The highest BCUT2D eigenvalue weighted by Gasteiger charge is 2.05. The minimum atomic E-state index is 0.670. The largest absolute Gasteiger partial charge is 0.504 e. The molecule has 0 radical (unpaired) electrons. The molecule has 0 aromatic rings. The Balaban J connectivity index is 2.70. The molecule has 0 aromatic heterocycles. The Kier molecular flexibility index (Phi) is 2.31. The first-order chi connectivity index (χ1) is 5.24. The summed E-state index contributed by atoms with van der Waals surface area (Å²) in [7, 11) is 1.62. The highest BCUT2D eigenvalue weighted by atomic mass is 16.5. The number of rotatable bonds is 2. The maximum atomic E-state index is 5.49. The second-order valence-corrected chi connectivity index (χ2v) is 2.43. The van der Waals surface area contributed by atoms with Gasteiger partial charge in [-0.3, -0.25) is 0 Å². The van der Waals surface area contributed by atoms with E-state index in [2.05, 4.69) is 4.99 Å². The van der Waals surface area contributed by atoms with Crippen LogP contribution >= 0.6 is 0 Å². The number of aliphatic imine (C=N–C) groups is 1. The summed E-state index contributed by atoms with van der Waals surface area (Å²) in [4.78, 5) is 4.11. The SMILES string of the molecule is CO/C=C(\C)C1=CCC(N)=N1. The molecule has 1 aliphatic rings. The Labute approximate surface area is 66.3 Å². The molecule has 11 heavy (non-hydrogen) atoms. The average Bonchev–Trinajstić information content (AvgIpc) is 2.36. The fraction of sp³-hybridized carbons (Fsp3) is 0.375. The maximum Gasteiger partial charge on any atom is 0.103 e. The Hall–Kier alpha value is -1.25. The van der Waals surface area contributed by atoms with Crippen molar-refractivity contribution in [3.05, 3.63) is 23.6 Å². The van der Waals surface area contributed by atoms with Gasteiger partial charge in [0, 0.05) is 12.0 Å². The van der Waals surface area contributed by atoms with E-state index in [1.807, 2.05) is 13.0 Å². The van der Waals surface area contributed by atoms with E-state index in [0.29, 0.717) is 5.84 Å². The van der Waals surface area contributed by atoms with Crippen LogP contribution in [0.5, 0.6) is 0 Å². The van der Waals surface area contributed by atoms with Gasteiger partial charge < -0.3 is 10.5 Å². The van der Waals surface area contributed by atoms with E-state index >= 15 is 0 Å². The number of ether oxygens (including phenoxy) is 1. The van der Waals surface area contributed by atoms with Gasteiger partial charge in [0.2, 0.25) is 0 Å². The first-order valence-corrected chi connectivity index (χ1v) is 3.47. The van der Waals surface area contributed by atoms with E-state index < -0.39 is 0 Å². The smallest absolute Gasteiger partial charge is 0.103 e. The molecule has 0 atom stereocenters. The van der Waals surface area contributed by atoms with Crippen molar-refractivity contribution in [2.75, 3.05) is 7.11 Å². The van der Waals surface area contributed by atoms with E-state index in [9.17, 15) is 0 Å². The Morgan fingerprint density at radius 2 is 2.55 bits per heavy atom. The van der Waals surface area contributed by atoms with Crippen molar-refractivity contribution in [1.29, 1.82) is 0 Å². The normalized spacial score (nSPS) is 17.8. The lowest BCUT2D eigenvalue weighted by atomic mass is 10.2. The summed E-state index contributed by atoms with van der Waals surface area (Å²) >= 11 is 0. The van der Waals surface area contributed by atoms with E-state index in [1.165, 1.54) is 0 Å². The molecule has 0 fully saturated rings. The van der Waals surface area contributed by atoms with Crippen LogP contribution in [-0.2, 0) is 4.74 Å². The minimum Gasteiger partial charge on any atom is -0.504 e. The number of methoxy groups -OCH3 is 1. The van der Waals surface area contributed by atoms with Crippen molar-refractivity contribution in [3.8, 4) is 0 Å². The van der Waals surface area contributed by atoms with Crippen LogP contribution in [0, 0.1) is 0 Å². The summed E-state index contributed by atoms with van der Waals surface area (Å²) in [6.07, 6.45) is 4.40. The molecule has 1 rings (SSSR count). The Bertz CT molecular complexity index is 238. The predicted octanol–water partition coefficient (Wildman–Crippen LogP) is 1.18. The molecule has 0 saturated heterocycles. The third-order valence-corrected chi connectivity index (χ3v) is 1.47. The maximum absolute atomic E-state index is 5.49. The minimum absolute atomic E-state index is 0.670. The average molecular weight is 152 g/mol. The van der Waals surface area contributed by atoms with Crippen LogP contribution < -0.4 is 5.73 Å². The zero-order valence-corrected chi connectivity index (χ0v) is 6.79. The van der Waals surface area contributed by atoms with Crippen LogP contribution in [0.2, 0.25) is 0 Å². The van der Waals surface area contributed by atoms with Crippen LogP contribution in [0.15, 0.2) is 28.6 Å². The van der Waals surface area contributed by atoms with Crippen molar-refractivity contribution in [1.82, 2.24) is 0 Å². The molecule has 0 spiro atoms. The molecule has 1 aliphatic heterocycles. The quantitative estimate of drug-likeness (QED) is 0.604. The summed E-state index contributed by atoms with van der Waals surface area (Å²) in [5, 5.41) is 0. The molecule has 60 valence electrons. The van der Waals surface area contributed by atoms with Gasteiger partial charge in [-0.1, -0.05) is 6.08 Å². The Morgan fingerprint density at radius 3 is 3.00 bits per heavy atom. The monoisotopic (exact) mass is 152 g/mol. The molecule has 0 bridgehead atoms. The van der Waals surface area contributed by atoms with Crippen LogP contribution in [0.25, 0.3) is 0 Å². The summed E-state index contributed by atoms with van der Waals surface area (Å²) in [6, 6.07) is 0. The molecule has 2 N–H and O–H groups in total. The van der Waals surface area contributed by atoms with E-state index in [4.69, 9.17) is 10.5 Å². The molecule has 0 amide bonds. The molecule has 3 nitrogen and oxygen atoms in total. The highest BCUT2D eigenvalue weighted by Crippen LogP contribution is 2.16. The number of hydrogen-bond donors (Lipinski definition) is 1. The Morgan fingerprint density at radius 1 is 1.82 bits per heavy atom. The number of hydrogen-bond acceptors (Lipinski definition) is 3. The zero-order valence-electron chi connectivity index (χ0n) is 6.79. The topological polar surface area (TPSA) is 47.6 Å². The van der Waals surface area contributed by atoms with Crippen LogP contribution in [0.4, 0.5) is 0 Å². The number of nitrogens with two attached hydrogens (primary N) is 1.